The summed E-state index contributed by atoms with van der Waals surface area (Å²) in [7, 11) is 2.32. The molecule has 0 aromatic heterocycles. The van der Waals surface area contributed by atoms with E-state index >= 15 is 0 Å². The topological polar surface area (TPSA) is 50.4 Å². The summed E-state index contributed by atoms with van der Waals surface area (Å²) < 4.78 is 5.90. The maximum Gasteiger partial charge on any atom is 0.133 e. The van der Waals surface area contributed by atoms with Gasteiger partial charge in [-0.25, -0.2) is 0 Å². The first-order chi connectivity index (χ1) is 23.5. The van der Waals surface area contributed by atoms with Gasteiger partial charge in [0.25, 0.3) is 0 Å². The molecule has 5 saturated carbocycles. The zero-order valence-electron chi connectivity index (χ0n) is 33.6. The number of aryl methyl sites for hydroxylation is 1. The lowest BCUT2D eigenvalue weighted by Gasteiger charge is -2.76. The molecule has 9 atom stereocenters. The number of nitrogens with one attached hydrogen (secondary N) is 2. The molecule has 0 amide bonds. The summed E-state index contributed by atoms with van der Waals surface area (Å²) in [4.78, 5) is 13.3. The average molecular weight is 685 g/mol. The first-order valence-corrected chi connectivity index (χ1v) is 20.8. The van der Waals surface area contributed by atoms with Crippen LogP contribution in [-0.4, -0.2) is 25.0 Å². The molecule has 8 unspecified atom stereocenters. The molecule has 5 aliphatic carbocycles. The van der Waals surface area contributed by atoms with E-state index in [0.29, 0.717) is 40.8 Å². The minimum atomic E-state index is 0.0744. The summed E-state index contributed by atoms with van der Waals surface area (Å²) in [5.41, 5.74) is 5.41. The number of benzene rings is 1. The molecule has 0 spiro atoms. The molecule has 1 aromatic rings. The molecule has 0 saturated heterocycles. The van der Waals surface area contributed by atoms with Crippen LogP contribution in [0.4, 0.5) is 0 Å². The van der Waals surface area contributed by atoms with Crippen molar-refractivity contribution in [1.82, 2.24) is 10.6 Å². The number of ether oxygens (including phenoxy) is 1. The zero-order valence-corrected chi connectivity index (χ0v) is 33.6. The lowest BCUT2D eigenvalue weighted by molar-refractivity contribution is -0.251. The Labute approximate surface area is 306 Å². The molecule has 4 heteroatoms. The van der Waals surface area contributed by atoms with Crippen molar-refractivity contribution < 1.29 is 9.53 Å². The molecule has 1 aliphatic heterocycles. The van der Waals surface area contributed by atoms with Crippen molar-refractivity contribution in [2.24, 2.45) is 56.2 Å². The van der Waals surface area contributed by atoms with E-state index in [1.165, 1.54) is 87.5 Å². The van der Waals surface area contributed by atoms with Gasteiger partial charge in [-0.05, 0) is 152 Å². The van der Waals surface area contributed by atoms with Gasteiger partial charge in [-0.1, -0.05) is 80.5 Å². The molecule has 4 nitrogen and oxygen atoms in total. The number of allylic oxidation sites excluding steroid dienone is 1. The van der Waals surface area contributed by atoms with Gasteiger partial charge in [-0.15, -0.1) is 0 Å². The van der Waals surface area contributed by atoms with Crippen molar-refractivity contribution in [3.05, 3.63) is 41.6 Å². The Balaban J connectivity index is 1.13. The van der Waals surface area contributed by atoms with Crippen molar-refractivity contribution in [3.8, 4) is 5.75 Å². The maximum absolute atomic E-state index is 13.3. The number of carbonyl (C=O) groups excluding carboxylic acids is 1. The van der Waals surface area contributed by atoms with Crippen LogP contribution in [0.3, 0.4) is 0 Å². The van der Waals surface area contributed by atoms with Gasteiger partial charge in [0.15, 0.2) is 0 Å². The first-order valence-electron chi connectivity index (χ1n) is 20.8. The summed E-state index contributed by atoms with van der Waals surface area (Å²) >= 11 is 0. The second kappa shape index (κ2) is 12.4. The number of hydrogen-bond acceptors (Lipinski definition) is 4. The van der Waals surface area contributed by atoms with Gasteiger partial charge in [0, 0.05) is 36.0 Å². The fraction of sp³-hybridized carbons (Fsp3) is 0.804. The fourth-order valence-electron chi connectivity index (χ4n) is 15.0. The van der Waals surface area contributed by atoms with E-state index in [2.05, 4.69) is 91.3 Å². The van der Waals surface area contributed by atoms with Crippen LogP contribution < -0.4 is 15.4 Å². The Morgan fingerprint density at radius 2 is 1.66 bits per heavy atom. The summed E-state index contributed by atoms with van der Waals surface area (Å²) in [6.45, 7) is 26.5. The highest BCUT2D eigenvalue weighted by Crippen LogP contribution is 2.78. The first kappa shape index (κ1) is 36.5. The summed E-state index contributed by atoms with van der Waals surface area (Å²) in [6.07, 6.45) is 17.9. The Morgan fingerprint density at radius 1 is 0.900 bits per heavy atom. The second-order valence-corrected chi connectivity index (χ2v) is 21.0. The highest BCUT2D eigenvalue weighted by Gasteiger charge is 2.74. The molecule has 6 aliphatic rings. The number of rotatable bonds is 8. The van der Waals surface area contributed by atoms with Crippen LogP contribution in [0.5, 0.6) is 5.75 Å². The Kier molecular flexibility index (Phi) is 9.05. The molecule has 50 heavy (non-hydrogen) atoms. The summed E-state index contributed by atoms with van der Waals surface area (Å²) in [5.74, 6) is 4.10. The smallest absolute Gasteiger partial charge is 0.133 e. The predicted molar refractivity (Wildman–Crippen MR) is 207 cm³/mol. The van der Waals surface area contributed by atoms with E-state index < -0.39 is 0 Å². The maximum atomic E-state index is 13.3. The van der Waals surface area contributed by atoms with E-state index in [1.807, 2.05) is 0 Å². The van der Waals surface area contributed by atoms with Crippen molar-refractivity contribution in [2.45, 2.75) is 164 Å². The SMILES string of the molecule is C=C(NCc1ccc2c(c1)CCCO2)C12CCCC1C1(NC)CCC3C4(C)CCC(CC(=O)CC(C)(C)C)C(C)(C)C4CCC3(C)[C@]1(C)CC2. The molecule has 1 aromatic carbocycles. The van der Waals surface area contributed by atoms with Gasteiger partial charge >= 0.3 is 0 Å². The Hall–Kier alpha value is -1.81. The van der Waals surface area contributed by atoms with Crippen LogP contribution in [0, 0.1) is 56.2 Å². The largest absolute Gasteiger partial charge is 0.493 e. The van der Waals surface area contributed by atoms with E-state index in [1.54, 1.807) is 0 Å². The van der Waals surface area contributed by atoms with E-state index in [4.69, 9.17) is 11.3 Å². The van der Waals surface area contributed by atoms with Gasteiger partial charge in [0.2, 0.25) is 0 Å². The fourth-order valence-corrected chi connectivity index (χ4v) is 15.0. The van der Waals surface area contributed by atoms with Crippen LogP contribution in [-0.2, 0) is 17.8 Å². The van der Waals surface area contributed by atoms with E-state index in [9.17, 15) is 4.79 Å². The number of carbonyl (C=O) groups is 1. The third-order valence-electron chi connectivity index (χ3n) is 17.5. The summed E-state index contributed by atoms with van der Waals surface area (Å²) in [5, 5.41) is 8.15. The van der Waals surface area contributed by atoms with Crippen LogP contribution in [0.25, 0.3) is 0 Å². The lowest BCUT2D eigenvalue weighted by atomic mass is 9.30. The number of ketones is 1. The normalized spacial score (nSPS) is 41.8. The lowest BCUT2D eigenvalue weighted by Crippen LogP contribution is -2.76. The van der Waals surface area contributed by atoms with E-state index in [-0.39, 0.29) is 27.2 Å². The van der Waals surface area contributed by atoms with Gasteiger partial charge in [0.05, 0.1) is 6.61 Å². The molecule has 7 rings (SSSR count). The van der Waals surface area contributed by atoms with Gasteiger partial charge in [-0.3, -0.25) is 4.79 Å². The Morgan fingerprint density at radius 3 is 2.40 bits per heavy atom. The second-order valence-electron chi connectivity index (χ2n) is 21.0. The third kappa shape index (κ3) is 5.32. The minimum absolute atomic E-state index is 0.0744. The van der Waals surface area contributed by atoms with Crippen molar-refractivity contribution in [2.75, 3.05) is 13.7 Å². The van der Waals surface area contributed by atoms with Gasteiger partial charge < -0.3 is 15.4 Å². The highest BCUT2D eigenvalue weighted by atomic mass is 16.5. The average Bonchev–Trinajstić information content (AvgIpc) is 3.51. The van der Waals surface area contributed by atoms with Crippen molar-refractivity contribution in [1.29, 1.82) is 0 Å². The van der Waals surface area contributed by atoms with Gasteiger partial charge in [0.1, 0.15) is 11.5 Å². The third-order valence-corrected chi connectivity index (χ3v) is 17.5. The van der Waals surface area contributed by atoms with Crippen LogP contribution in [0.1, 0.15) is 156 Å². The monoisotopic (exact) mass is 685 g/mol. The molecular weight excluding hydrogens is 613 g/mol. The Bertz CT molecular complexity index is 1490. The number of hydrogen-bond donors (Lipinski definition) is 2. The molecule has 2 N–H and O–H groups in total. The molecule has 0 bridgehead atoms. The molecule has 0 radical (unpaired) electrons. The summed E-state index contributed by atoms with van der Waals surface area (Å²) in [6, 6.07) is 6.80. The van der Waals surface area contributed by atoms with E-state index in [0.717, 1.165) is 44.1 Å². The standard InChI is InChI=1S/C46H72N2O2/c1-31(48-30-32-15-16-36-33(27-32)13-12-26-50-36)45-20-11-14-39(45)46(47-10)23-19-38-42(7)21-17-34(28-35(49)29-40(2,3)4)41(5,6)37(42)18-22-43(38,8)44(46,9)24-25-45/h15-16,27,34,37-39,47-48H,1,11-14,17-26,28-30H2,2-10H3/t34?,37?,38?,39?,42?,43?,44-,45?,46?/m0/s1. The molecule has 5 fully saturated rings. The molecular formula is C46H72N2O2. The highest BCUT2D eigenvalue weighted by molar-refractivity contribution is 5.79. The molecule has 278 valence electrons. The van der Waals surface area contributed by atoms with Crippen LogP contribution in [0.15, 0.2) is 30.5 Å². The quantitative estimate of drug-likeness (QED) is 0.286. The molecule has 1 heterocycles. The van der Waals surface area contributed by atoms with Crippen molar-refractivity contribution >= 4 is 5.78 Å². The number of fused-ring (bicyclic) bond motifs is 8. The zero-order chi connectivity index (χ0) is 36.0. The van der Waals surface area contributed by atoms with Gasteiger partial charge in [-0.2, -0.15) is 0 Å². The number of Topliss-reactive ketones (excluding diaryl/α,β-unsaturated/α-hetero) is 1. The van der Waals surface area contributed by atoms with Crippen LogP contribution >= 0.6 is 0 Å². The predicted octanol–water partition coefficient (Wildman–Crippen LogP) is 10.8. The minimum Gasteiger partial charge on any atom is -0.493 e. The van der Waals surface area contributed by atoms with Crippen molar-refractivity contribution in [3.63, 3.8) is 0 Å². The van der Waals surface area contributed by atoms with Crippen LogP contribution in [0.2, 0.25) is 0 Å².